The fourth-order valence-corrected chi connectivity index (χ4v) is 2.36. The Hall–Kier alpha value is -2.17. The van der Waals surface area contributed by atoms with E-state index >= 15 is 0 Å². The minimum absolute atomic E-state index is 0.0686. The van der Waals surface area contributed by atoms with Gasteiger partial charge in [-0.25, -0.2) is 0 Å². The SMILES string of the molecule is CCCCN1C(=O)c2ccc(C(=O)NC(C)CC)cc2C1=O. The van der Waals surface area contributed by atoms with E-state index in [2.05, 4.69) is 5.32 Å². The highest BCUT2D eigenvalue weighted by atomic mass is 16.2. The average Bonchev–Trinajstić information content (AvgIpc) is 2.76. The van der Waals surface area contributed by atoms with E-state index in [4.69, 9.17) is 0 Å². The first kappa shape index (κ1) is 16.2. The van der Waals surface area contributed by atoms with Gasteiger partial charge in [-0.3, -0.25) is 19.3 Å². The summed E-state index contributed by atoms with van der Waals surface area (Å²) in [7, 11) is 0. The Morgan fingerprint density at radius 1 is 1.18 bits per heavy atom. The number of fused-ring (bicyclic) bond motifs is 1. The molecule has 0 saturated heterocycles. The molecule has 2 rings (SSSR count). The van der Waals surface area contributed by atoms with Gasteiger partial charge in [-0.15, -0.1) is 0 Å². The maximum absolute atomic E-state index is 12.3. The Kier molecular flexibility index (Phi) is 4.96. The van der Waals surface area contributed by atoms with E-state index < -0.39 is 0 Å². The molecule has 1 aliphatic rings. The van der Waals surface area contributed by atoms with Crippen LogP contribution in [0.3, 0.4) is 0 Å². The van der Waals surface area contributed by atoms with Gasteiger partial charge >= 0.3 is 0 Å². The zero-order valence-electron chi connectivity index (χ0n) is 13.3. The third kappa shape index (κ3) is 3.03. The van der Waals surface area contributed by atoms with Gasteiger partial charge in [0.2, 0.25) is 0 Å². The van der Waals surface area contributed by atoms with Gasteiger partial charge in [0, 0.05) is 18.2 Å². The van der Waals surface area contributed by atoms with Crippen molar-refractivity contribution < 1.29 is 14.4 Å². The number of rotatable bonds is 6. The molecular weight excluding hydrogens is 280 g/mol. The third-order valence-electron chi connectivity index (χ3n) is 3.96. The average molecular weight is 302 g/mol. The highest BCUT2D eigenvalue weighted by Crippen LogP contribution is 2.24. The number of nitrogens with one attached hydrogen (secondary N) is 1. The quantitative estimate of drug-likeness (QED) is 0.821. The Morgan fingerprint density at radius 3 is 2.50 bits per heavy atom. The predicted molar refractivity (Wildman–Crippen MR) is 83.9 cm³/mol. The van der Waals surface area contributed by atoms with Crippen molar-refractivity contribution >= 4 is 17.7 Å². The lowest BCUT2D eigenvalue weighted by molar-refractivity contribution is 0.0652. The highest BCUT2D eigenvalue weighted by molar-refractivity contribution is 6.22. The summed E-state index contributed by atoms with van der Waals surface area (Å²) < 4.78 is 0. The maximum atomic E-state index is 12.3. The Morgan fingerprint density at radius 2 is 1.86 bits per heavy atom. The molecule has 1 aromatic carbocycles. The molecule has 3 amide bonds. The van der Waals surface area contributed by atoms with Crippen LogP contribution < -0.4 is 5.32 Å². The first-order valence-electron chi connectivity index (χ1n) is 7.80. The second-order valence-corrected chi connectivity index (χ2v) is 5.66. The molecule has 1 N–H and O–H groups in total. The van der Waals surface area contributed by atoms with E-state index in [9.17, 15) is 14.4 Å². The predicted octanol–water partition coefficient (Wildman–Crippen LogP) is 2.61. The maximum Gasteiger partial charge on any atom is 0.261 e. The number of amides is 3. The van der Waals surface area contributed by atoms with Crippen LogP contribution in [0.15, 0.2) is 18.2 Å². The van der Waals surface area contributed by atoms with Gasteiger partial charge in [-0.2, -0.15) is 0 Å². The molecular formula is C17H22N2O3. The van der Waals surface area contributed by atoms with Crippen LogP contribution in [-0.4, -0.2) is 35.2 Å². The molecule has 0 spiro atoms. The van der Waals surface area contributed by atoms with Gasteiger partial charge < -0.3 is 5.32 Å². The molecule has 0 saturated carbocycles. The summed E-state index contributed by atoms with van der Waals surface area (Å²) in [6.45, 7) is 6.35. The van der Waals surface area contributed by atoms with Crippen molar-refractivity contribution in [1.82, 2.24) is 10.2 Å². The second kappa shape index (κ2) is 6.73. The Labute approximate surface area is 130 Å². The zero-order valence-corrected chi connectivity index (χ0v) is 13.3. The number of imide groups is 1. The van der Waals surface area contributed by atoms with Gasteiger partial charge in [0.1, 0.15) is 0 Å². The van der Waals surface area contributed by atoms with Crippen LogP contribution in [0.1, 0.15) is 71.1 Å². The van der Waals surface area contributed by atoms with Crippen molar-refractivity contribution in [3.8, 4) is 0 Å². The minimum atomic E-state index is -0.299. The van der Waals surface area contributed by atoms with Crippen LogP contribution in [0.4, 0.5) is 0 Å². The number of carbonyl (C=O) groups is 3. The molecule has 1 aliphatic heterocycles. The smallest absolute Gasteiger partial charge is 0.261 e. The van der Waals surface area contributed by atoms with Crippen molar-refractivity contribution in [2.45, 2.75) is 46.1 Å². The lowest BCUT2D eigenvalue weighted by Gasteiger charge is -2.12. The standard InChI is InChI=1S/C17H22N2O3/c1-4-6-9-19-16(21)13-8-7-12(10-14(13)17(19)22)15(20)18-11(3)5-2/h7-8,10-11H,4-6,9H2,1-3H3,(H,18,20). The minimum Gasteiger partial charge on any atom is -0.350 e. The van der Waals surface area contributed by atoms with E-state index in [0.29, 0.717) is 23.2 Å². The van der Waals surface area contributed by atoms with Crippen LogP contribution >= 0.6 is 0 Å². The van der Waals surface area contributed by atoms with Crippen LogP contribution in [0.25, 0.3) is 0 Å². The van der Waals surface area contributed by atoms with Gasteiger partial charge in [-0.05, 0) is 38.0 Å². The Balaban J connectivity index is 2.23. The van der Waals surface area contributed by atoms with Gasteiger partial charge in [0.25, 0.3) is 17.7 Å². The lowest BCUT2D eigenvalue weighted by Crippen LogP contribution is -2.32. The first-order valence-corrected chi connectivity index (χ1v) is 7.80. The van der Waals surface area contributed by atoms with E-state index in [1.807, 2.05) is 20.8 Å². The monoisotopic (exact) mass is 302 g/mol. The van der Waals surface area contributed by atoms with E-state index in [-0.39, 0.29) is 23.8 Å². The third-order valence-corrected chi connectivity index (χ3v) is 3.96. The van der Waals surface area contributed by atoms with Gasteiger partial charge in [-0.1, -0.05) is 20.3 Å². The first-order chi connectivity index (χ1) is 10.5. The molecule has 0 fully saturated rings. The van der Waals surface area contributed by atoms with Crippen molar-refractivity contribution in [2.75, 3.05) is 6.54 Å². The van der Waals surface area contributed by atoms with Crippen molar-refractivity contribution in [3.63, 3.8) is 0 Å². The summed E-state index contributed by atoms with van der Waals surface area (Å²) in [6, 6.07) is 4.77. The van der Waals surface area contributed by atoms with Crippen molar-refractivity contribution in [1.29, 1.82) is 0 Å². The molecule has 0 aromatic heterocycles. The fraction of sp³-hybridized carbons (Fsp3) is 0.471. The topological polar surface area (TPSA) is 66.5 Å². The number of nitrogens with zero attached hydrogens (tertiary/aromatic N) is 1. The summed E-state index contributed by atoms with van der Waals surface area (Å²) in [5.74, 6) is -0.779. The molecule has 0 bridgehead atoms. The number of hydrogen-bond acceptors (Lipinski definition) is 3. The molecule has 1 unspecified atom stereocenters. The zero-order chi connectivity index (χ0) is 16.3. The molecule has 22 heavy (non-hydrogen) atoms. The molecule has 5 heteroatoms. The molecule has 1 heterocycles. The molecule has 1 atom stereocenters. The molecule has 0 radical (unpaired) electrons. The fourth-order valence-electron chi connectivity index (χ4n) is 2.36. The number of hydrogen-bond donors (Lipinski definition) is 1. The summed E-state index contributed by atoms with van der Waals surface area (Å²) in [5.41, 5.74) is 1.14. The molecule has 0 aliphatic carbocycles. The molecule has 5 nitrogen and oxygen atoms in total. The number of carbonyl (C=O) groups excluding carboxylic acids is 3. The van der Waals surface area contributed by atoms with Gasteiger partial charge in [0.05, 0.1) is 11.1 Å². The highest BCUT2D eigenvalue weighted by Gasteiger charge is 2.35. The summed E-state index contributed by atoms with van der Waals surface area (Å²) >= 11 is 0. The van der Waals surface area contributed by atoms with Crippen LogP contribution in [0.2, 0.25) is 0 Å². The van der Waals surface area contributed by atoms with Crippen LogP contribution in [-0.2, 0) is 0 Å². The summed E-state index contributed by atoms with van der Waals surface area (Å²) in [6.07, 6.45) is 2.53. The van der Waals surface area contributed by atoms with E-state index in [0.717, 1.165) is 19.3 Å². The summed E-state index contributed by atoms with van der Waals surface area (Å²) in [4.78, 5) is 38.0. The second-order valence-electron chi connectivity index (χ2n) is 5.66. The van der Waals surface area contributed by atoms with Crippen molar-refractivity contribution in [2.24, 2.45) is 0 Å². The molecule has 118 valence electrons. The largest absolute Gasteiger partial charge is 0.350 e. The number of unbranched alkanes of at least 4 members (excludes halogenated alkanes) is 1. The summed E-state index contributed by atoms with van der Waals surface area (Å²) in [5, 5.41) is 2.86. The van der Waals surface area contributed by atoms with Crippen LogP contribution in [0, 0.1) is 0 Å². The van der Waals surface area contributed by atoms with E-state index in [1.165, 1.54) is 11.0 Å². The number of benzene rings is 1. The van der Waals surface area contributed by atoms with Crippen molar-refractivity contribution in [3.05, 3.63) is 34.9 Å². The van der Waals surface area contributed by atoms with E-state index in [1.54, 1.807) is 12.1 Å². The Bertz CT molecular complexity index is 610. The normalized spacial score (nSPS) is 15.0. The lowest BCUT2D eigenvalue weighted by atomic mass is 10.0. The van der Waals surface area contributed by atoms with Gasteiger partial charge in [0.15, 0.2) is 0 Å². The van der Waals surface area contributed by atoms with Crippen LogP contribution in [0.5, 0.6) is 0 Å². The molecule has 1 aromatic rings.